The SMILES string of the molecule is O=C(O)[C@@H]1CCC[C@@H]1NS(=O)(=O)c1cc(F)ccc1F. The predicted molar refractivity (Wildman–Crippen MR) is 65.4 cm³/mol. The molecule has 8 heteroatoms. The van der Waals surface area contributed by atoms with E-state index in [1.165, 1.54) is 0 Å². The Hall–Kier alpha value is -1.54. The zero-order valence-electron chi connectivity index (χ0n) is 10.3. The fourth-order valence-corrected chi connectivity index (χ4v) is 3.74. The van der Waals surface area contributed by atoms with Crippen LogP contribution in [0.5, 0.6) is 0 Å². The third-order valence-electron chi connectivity index (χ3n) is 3.32. The molecule has 1 aliphatic rings. The first-order valence-electron chi connectivity index (χ1n) is 6.01. The second-order valence-electron chi connectivity index (χ2n) is 4.68. The fourth-order valence-electron chi connectivity index (χ4n) is 2.34. The topological polar surface area (TPSA) is 83.5 Å². The lowest BCUT2D eigenvalue weighted by Gasteiger charge is -2.17. The van der Waals surface area contributed by atoms with Gasteiger partial charge in [-0.3, -0.25) is 4.79 Å². The van der Waals surface area contributed by atoms with Crippen LogP contribution in [0.2, 0.25) is 0 Å². The Balaban J connectivity index is 2.27. The molecule has 1 aliphatic carbocycles. The molecule has 0 saturated heterocycles. The molecule has 0 heterocycles. The van der Waals surface area contributed by atoms with Gasteiger partial charge >= 0.3 is 5.97 Å². The third-order valence-corrected chi connectivity index (χ3v) is 4.83. The number of aliphatic carboxylic acids is 1. The van der Waals surface area contributed by atoms with E-state index >= 15 is 0 Å². The Bertz CT molecular complexity index is 632. The minimum Gasteiger partial charge on any atom is -0.481 e. The molecule has 5 nitrogen and oxygen atoms in total. The number of rotatable bonds is 4. The summed E-state index contributed by atoms with van der Waals surface area (Å²) in [5.74, 6) is -3.91. The van der Waals surface area contributed by atoms with E-state index in [9.17, 15) is 22.0 Å². The van der Waals surface area contributed by atoms with Crippen LogP contribution in [0.4, 0.5) is 8.78 Å². The maximum absolute atomic E-state index is 13.5. The van der Waals surface area contributed by atoms with Crippen LogP contribution >= 0.6 is 0 Å². The Morgan fingerprint density at radius 2 is 2.00 bits per heavy atom. The number of halogens is 2. The van der Waals surface area contributed by atoms with E-state index in [0.717, 1.165) is 6.07 Å². The highest BCUT2D eigenvalue weighted by atomic mass is 32.2. The zero-order valence-corrected chi connectivity index (χ0v) is 11.2. The van der Waals surface area contributed by atoms with E-state index in [0.29, 0.717) is 31.4 Å². The molecule has 1 aromatic rings. The van der Waals surface area contributed by atoms with Gasteiger partial charge in [0.15, 0.2) is 0 Å². The van der Waals surface area contributed by atoms with Crippen LogP contribution in [-0.2, 0) is 14.8 Å². The summed E-state index contributed by atoms with van der Waals surface area (Å²) in [6.07, 6.45) is 1.27. The van der Waals surface area contributed by atoms with Crippen molar-refractivity contribution in [3.63, 3.8) is 0 Å². The van der Waals surface area contributed by atoms with Crippen LogP contribution < -0.4 is 4.72 Å². The van der Waals surface area contributed by atoms with Gasteiger partial charge in [0.25, 0.3) is 0 Å². The van der Waals surface area contributed by atoms with Gasteiger partial charge in [0, 0.05) is 6.04 Å². The average molecular weight is 305 g/mol. The van der Waals surface area contributed by atoms with Crippen molar-refractivity contribution in [2.24, 2.45) is 5.92 Å². The minimum absolute atomic E-state index is 0.354. The molecule has 1 aromatic carbocycles. The van der Waals surface area contributed by atoms with Crippen LogP contribution in [0.25, 0.3) is 0 Å². The first kappa shape index (κ1) is 14.9. The molecule has 20 heavy (non-hydrogen) atoms. The molecule has 0 amide bonds. The Morgan fingerprint density at radius 3 is 2.65 bits per heavy atom. The normalized spacial score (nSPS) is 22.9. The van der Waals surface area contributed by atoms with Gasteiger partial charge in [-0.2, -0.15) is 0 Å². The maximum atomic E-state index is 13.5. The van der Waals surface area contributed by atoms with Crippen molar-refractivity contribution in [2.75, 3.05) is 0 Å². The largest absolute Gasteiger partial charge is 0.481 e. The van der Waals surface area contributed by atoms with Crippen LogP contribution in [0.3, 0.4) is 0 Å². The molecule has 2 atom stereocenters. The molecule has 0 radical (unpaired) electrons. The predicted octanol–water partition coefficient (Wildman–Crippen LogP) is 1.50. The quantitative estimate of drug-likeness (QED) is 0.883. The lowest BCUT2D eigenvalue weighted by Crippen LogP contribution is -2.40. The van der Waals surface area contributed by atoms with Crippen LogP contribution in [0.15, 0.2) is 23.1 Å². The summed E-state index contributed by atoms with van der Waals surface area (Å²) >= 11 is 0. The Kier molecular flexibility index (Phi) is 4.05. The van der Waals surface area contributed by atoms with Crippen LogP contribution in [0, 0.1) is 17.6 Å². The molecule has 0 unspecified atom stereocenters. The molecule has 2 rings (SSSR count). The van der Waals surface area contributed by atoms with Gasteiger partial charge < -0.3 is 5.11 Å². The summed E-state index contributed by atoms with van der Waals surface area (Å²) in [7, 11) is -4.29. The van der Waals surface area contributed by atoms with E-state index in [1.807, 2.05) is 0 Å². The van der Waals surface area contributed by atoms with Crippen molar-refractivity contribution in [2.45, 2.75) is 30.2 Å². The van der Waals surface area contributed by atoms with Crippen molar-refractivity contribution in [1.29, 1.82) is 0 Å². The van der Waals surface area contributed by atoms with Gasteiger partial charge in [0.1, 0.15) is 16.5 Å². The smallest absolute Gasteiger partial charge is 0.308 e. The van der Waals surface area contributed by atoms with Crippen molar-refractivity contribution < 1.29 is 27.1 Å². The highest BCUT2D eigenvalue weighted by Gasteiger charge is 2.36. The molecular weight excluding hydrogens is 292 g/mol. The van der Waals surface area contributed by atoms with E-state index in [-0.39, 0.29) is 0 Å². The molecule has 0 spiro atoms. The van der Waals surface area contributed by atoms with Gasteiger partial charge in [-0.05, 0) is 31.0 Å². The molecule has 2 N–H and O–H groups in total. The summed E-state index contributed by atoms with van der Waals surface area (Å²) < 4.78 is 52.7. The second kappa shape index (κ2) is 5.45. The second-order valence-corrected chi connectivity index (χ2v) is 6.36. The van der Waals surface area contributed by atoms with Gasteiger partial charge in [0.05, 0.1) is 5.92 Å². The van der Waals surface area contributed by atoms with Crippen molar-refractivity contribution >= 4 is 16.0 Å². The first-order chi connectivity index (χ1) is 9.31. The number of carbonyl (C=O) groups is 1. The van der Waals surface area contributed by atoms with Gasteiger partial charge in [-0.15, -0.1) is 0 Å². The third kappa shape index (κ3) is 2.96. The van der Waals surface area contributed by atoms with E-state index in [4.69, 9.17) is 5.11 Å². The van der Waals surface area contributed by atoms with E-state index < -0.39 is 44.5 Å². The number of carboxylic acid groups (broad SMARTS) is 1. The number of nitrogens with one attached hydrogen (secondary N) is 1. The number of benzene rings is 1. The Labute approximate surface area is 114 Å². The molecule has 1 fully saturated rings. The summed E-state index contributed by atoms with van der Waals surface area (Å²) in [5.41, 5.74) is 0. The average Bonchev–Trinajstić information content (AvgIpc) is 2.79. The highest BCUT2D eigenvalue weighted by molar-refractivity contribution is 7.89. The molecule has 110 valence electrons. The zero-order chi connectivity index (χ0) is 14.9. The lowest BCUT2D eigenvalue weighted by molar-refractivity contribution is -0.141. The van der Waals surface area contributed by atoms with Crippen LogP contribution in [0.1, 0.15) is 19.3 Å². The van der Waals surface area contributed by atoms with Crippen LogP contribution in [-0.4, -0.2) is 25.5 Å². The standard InChI is InChI=1S/C12H13F2NO4S/c13-7-4-5-9(14)11(6-7)20(18,19)15-10-3-1-2-8(10)12(16)17/h4-6,8,10,15H,1-3H2,(H,16,17)/t8-,10+/m1/s1. The number of hydrogen-bond donors (Lipinski definition) is 2. The molecule has 0 aromatic heterocycles. The van der Waals surface area contributed by atoms with Crippen molar-refractivity contribution in [3.8, 4) is 0 Å². The molecule has 0 bridgehead atoms. The lowest BCUT2D eigenvalue weighted by atomic mass is 10.1. The Morgan fingerprint density at radius 1 is 1.30 bits per heavy atom. The van der Waals surface area contributed by atoms with Gasteiger partial charge in [-0.1, -0.05) is 6.42 Å². The number of carboxylic acids is 1. The van der Waals surface area contributed by atoms with Gasteiger partial charge in [0.2, 0.25) is 10.0 Å². The summed E-state index contributed by atoms with van der Waals surface area (Å²) in [6, 6.07) is 1.29. The molecular formula is C12H13F2NO4S. The first-order valence-corrected chi connectivity index (χ1v) is 7.50. The summed E-state index contributed by atoms with van der Waals surface area (Å²) in [6.45, 7) is 0. The van der Waals surface area contributed by atoms with E-state index in [2.05, 4.69) is 4.72 Å². The summed E-state index contributed by atoms with van der Waals surface area (Å²) in [5, 5.41) is 8.98. The van der Waals surface area contributed by atoms with E-state index in [1.54, 1.807) is 0 Å². The summed E-state index contributed by atoms with van der Waals surface area (Å²) in [4.78, 5) is 10.2. The van der Waals surface area contributed by atoms with Crippen molar-refractivity contribution in [3.05, 3.63) is 29.8 Å². The fraction of sp³-hybridized carbons (Fsp3) is 0.417. The number of hydrogen-bond acceptors (Lipinski definition) is 3. The maximum Gasteiger partial charge on any atom is 0.308 e. The number of sulfonamides is 1. The highest BCUT2D eigenvalue weighted by Crippen LogP contribution is 2.27. The minimum atomic E-state index is -4.29. The van der Waals surface area contributed by atoms with Gasteiger partial charge in [-0.25, -0.2) is 21.9 Å². The van der Waals surface area contributed by atoms with Crippen molar-refractivity contribution in [1.82, 2.24) is 4.72 Å². The monoisotopic (exact) mass is 305 g/mol. The molecule has 1 saturated carbocycles. The molecule has 0 aliphatic heterocycles.